The van der Waals surface area contributed by atoms with Crippen LogP contribution in [0.3, 0.4) is 0 Å². The number of guanidine groups is 1. The van der Waals surface area contributed by atoms with Crippen molar-refractivity contribution in [3.8, 4) is 0 Å². The van der Waals surface area contributed by atoms with Crippen molar-refractivity contribution in [2.24, 2.45) is 4.99 Å². The summed E-state index contributed by atoms with van der Waals surface area (Å²) in [7, 11) is 3.88. The summed E-state index contributed by atoms with van der Waals surface area (Å²) in [5.41, 5.74) is 4.74. The number of para-hydroxylation sites is 2. The molecule has 0 aliphatic heterocycles. The molecular weight excluding hydrogens is 449 g/mol. The topological polar surface area (TPSA) is 56.3 Å². The lowest BCUT2D eigenvalue weighted by atomic mass is 10.1. The van der Waals surface area contributed by atoms with Crippen LogP contribution in [0.5, 0.6) is 0 Å². The zero-order valence-corrected chi connectivity index (χ0v) is 18.5. The van der Waals surface area contributed by atoms with Crippen LogP contribution in [0.2, 0.25) is 0 Å². The molecule has 0 bridgehead atoms. The van der Waals surface area contributed by atoms with Crippen LogP contribution in [0.4, 0.5) is 0 Å². The third kappa shape index (κ3) is 5.69. The Morgan fingerprint density at radius 2 is 1.81 bits per heavy atom. The Bertz CT molecular complexity index is 837. The number of nitrogens with one attached hydrogen (secondary N) is 2. The number of hydrogen-bond acceptors (Lipinski definition) is 2. The molecule has 0 atom stereocenters. The fraction of sp³-hybridized carbons (Fsp3) is 0.333. The zero-order valence-electron chi connectivity index (χ0n) is 16.2. The molecule has 5 nitrogen and oxygen atoms in total. The van der Waals surface area contributed by atoms with Crippen LogP contribution in [0.1, 0.15) is 23.9 Å². The number of hydrogen-bond donors (Lipinski definition) is 2. The molecule has 1 aromatic heterocycles. The summed E-state index contributed by atoms with van der Waals surface area (Å²) >= 11 is 0. The lowest BCUT2D eigenvalue weighted by Gasteiger charge is -2.22. The number of aromatic nitrogens is 2. The van der Waals surface area contributed by atoms with Crippen molar-refractivity contribution in [2.45, 2.75) is 26.3 Å². The lowest BCUT2D eigenvalue weighted by molar-refractivity contribution is 0.477. The number of halogens is 1. The van der Waals surface area contributed by atoms with E-state index >= 15 is 0 Å². The second-order valence-corrected chi connectivity index (χ2v) is 6.45. The fourth-order valence-electron chi connectivity index (χ4n) is 3.03. The number of imidazole rings is 1. The van der Waals surface area contributed by atoms with Gasteiger partial charge in [0.25, 0.3) is 0 Å². The molecule has 0 unspecified atom stereocenters. The van der Waals surface area contributed by atoms with E-state index in [1.54, 1.807) is 0 Å². The van der Waals surface area contributed by atoms with E-state index in [2.05, 4.69) is 69.5 Å². The van der Waals surface area contributed by atoms with Gasteiger partial charge in [-0.15, -0.1) is 24.0 Å². The monoisotopic (exact) mass is 477 g/mol. The summed E-state index contributed by atoms with van der Waals surface area (Å²) in [5, 5.41) is 3.42. The molecule has 0 saturated heterocycles. The smallest absolute Gasteiger partial charge is 0.193 e. The van der Waals surface area contributed by atoms with Gasteiger partial charge in [-0.25, -0.2) is 4.98 Å². The summed E-state index contributed by atoms with van der Waals surface area (Å²) in [6, 6.07) is 16.9. The van der Waals surface area contributed by atoms with Gasteiger partial charge in [0, 0.05) is 33.6 Å². The molecule has 2 aromatic carbocycles. The van der Waals surface area contributed by atoms with E-state index in [1.807, 2.05) is 25.2 Å². The molecule has 0 fully saturated rings. The first-order valence-corrected chi connectivity index (χ1v) is 9.13. The van der Waals surface area contributed by atoms with Crippen LogP contribution in [0.15, 0.2) is 53.5 Å². The van der Waals surface area contributed by atoms with Crippen LogP contribution >= 0.6 is 24.0 Å². The first-order valence-electron chi connectivity index (χ1n) is 9.13. The normalized spacial score (nSPS) is 11.3. The Hall–Kier alpha value is -2.09. The number of benzene rings is 2. The molecule has 2 N–H and O–H groups in total. The molecule has 0 spiro atoms. The first kappa shape index (κ1) is 21.2. The number of aliphatic imine (C=N–C) groups is 1. The summed E-state index contributed by atoms with van der Waals surface area (Å²) in [4.78, 5) is 14.5. The van der Waals surface area contributed by atoms with Gasteiger partial charge in [-0.2, -0.15) is 0 Å². The Balaban J connectivity index is 0.00000261. The minimum absolute atomic E-state index is 0. The van der Waals surface area contributed by atoms with Gasteiger partial charge in [0.05, 0.1) is 11.0 Å². The standard InChI is InChI=1S/C21H27N5.HI/c1-4-16-9-11-17(12-10-16)15-26(3)21(22-2)23-14-13-20-24-18-7-5-6-8-19(18)25-20;/h5-12H,4,13-15H2,1-3H3,(H,22,23)(H,24,25);1H. The second-order valence-electron chi connectivity index (χ2n) is 6.45. The molecule has 3 rings (SSSR count). The van der Waals surface area contributed by atoms with Crippen LogP contribution in [0.25, 0.3) is 11.0 Å². The third-order valence-corrected chi connectivity index (χ3v) is 4.51. The number of aromatic amines is 1. The maximum absolute atomic E-state index is 4.62. The van der Waals surface area contributed by atoms with E-state index in [-0.39, 0.29) is 24.0 Å². The minimum Gasteiger partial charge on any atom is -0.356 e. The van der Waals surface area contributed by atoms with Gasteiger partial charge in [-0.3, -0.25) is 4.99 Å². The number of nitrogens with zero attached hydrogens (tertiary/aromatic N) is 3. The third-order valence-electron chi connectivity index (χ3n) is 4.51. The fourth-order valence-corrected chi connectivity index (χ4v) is 3.03. The highest BCUT2D eigenvalue weighted by atomic mass is 127. The molecule has 144 valence electrons. The van der Waals surface area contributed by atoms with E-state index in [9.17, 15) is 0 Å². The Kier molecular flexibility index (Phi) is 8.09. The molecule has 0 radical (unpaired) electrons. The predicted molar refractivity (Wildman–Crippen MR) is 124 cm³/mol. The Morgan fingerprint density at radius 1 is 1.11 bits per heavy atom. The molecule has 0 aliphatic rings. The highest BCUT2D eigenvalue weighted by Crippen LogP contribution is 2.10. The zero-order chi connectivity index (χ0) is 18.4. The van der Waals surface area contributed by atoms with Gasteiger partial charge in [0.2, 0.25) is 0 Å². The van der Waals surface area contributed by atoms with Crippen molar-refractivity contribution >= 4 is 41.0 Å². The van der Waals surface area contributed by atoms with Crippen molar-refractivity contribution in [3.63, 3.8) is 0 Å². The van der Waals surface area contributed by atoms with Crippen LogP contribution in [-0.4, -0.2) is 41.5 Å². The van der Waals surface area contributed by atoms with E-state index in [0.717, 1.165) is 48.7 Å². The van der Waals surface area contributed by atoms with Gasteiger partial charge in [-0.1, -0.05) is 43.3 Å². The lowest BCUT2D eigenvalue weighted by Crippen LogP contribution is -2.39. The molecule has 3 aromatic rings. The molecule has 0 saturated carbocycles. The van der Waals surface area contributed by atoms with Gasteiger partial charge in [0.15, 0.2) is 5.96 Å². The van der Waals surface area contributed by atoms with Gasteiger partial charge in [0.1, 0.15) is 5.82 Å². The highest BCUT2D eigenvalue weighted by Gasteiger charge is 2.07. The molecule has 27 heavy (non-hydrogen) atoms. The number of H-pyrrole nitrogens is 1. The number of rotatable bonds is 6. The van der Waals surface area contributed by atoms with Crippen molar-refractivity contribution in [1.82, 2.24) is 20.2 Å². The SMILES string of the molecule is CCc1ccc(CN(C)C(=NC)NCCc2nc3ccccc3[nH]2)cc1.I. The average molecular weight is 477 g/mol. The first-order chi connectivity index (χ1) is 12.7. The van der Waals surface area contributed by atoms with Crippen molar-refractivity contribution in [1.29, 1.82) is 0 Å². The van der Waals surface area contributed by atoms with Crippen molar-refractivity contribution in [3.05, 3.63) is 65.5 Å². The highest BCUT2D eigenvalue weighted by molar-refractivity contribution is 14.0. The second kappa shape index (κ2) is 10.3. The van der Waals surface area contributed by atoms with Gasteiger partial charge in [-0.05, 0) is 29.7 Å². The number of aryl methyl sites for hydroxylation is 1. The van der Waals surface area contributed by atoms with Gasteiger partial charge >= 0.3 is 0 Å². The van der Waals surface area contributed by atoms with Crippen LogP contribution < -0.4 is 5.32 Å². The van der Waals surface area contributed by atoms with E-state index in [1.165, 1.54) is 11.1 Å². The van der Waals surface area contributed by atoms with Crippen molar-refractivity contribution < 1.29 is 0 Å². The maximum atomic E-state index is 4.62. The maximum Gasteiger partial charge on any atom is 0.193 e. The predicted octanol–water partition coefficient (Wildman–Crippen LogP) is 3.99. The van der Waals surface area contributed by atoms with Crippen molar-refractivity contribution in [2.75, 3.05) is 20.6 Å². The number of fused-ring (bicyclic) bond motifs is 1. The molecule has 0 aliphatic carbocycles. The molecule has 0 amide bonds. The summed E-state index contributed by atoms with van der Waals surface area (Å²) in [5.74, 6) is 1.88. The quantitative estimate of drug-likeness (QED) is 0.321. The summed E-state index contributed by atoms with van der Waals surface area (Å²) in [6.45, 7) is 3.79. The molecule has 6 heteroatoms. The molecule has 1 heterocycles. The van der Waals surface area contributed by atoms with Gasteiger partial charge < -0.3 is 15.2 Å². The van der Waals surface area contributed by atoms with E-state index in [4.69, 9.17) is 0 Å². The summed E-state index contributed by atoms with van der Waals surface area (Å²) < 4.78 is 0. The summed E-state index contributed by atoms with van der Waals surface area (Å²) in [6.07, 6.45) is 1.90. The Morgan fingerprint density at radius 3 is 2.48 bits per heavy atom. The van der Waals surface area contributed by atoms with E-state index in [0.29, 0.717) is 0 Å². The average Bonchev–Trinajstić information content (AvgIpc) is 3.08. The van der Waals surface area contributed by atoms with Crippen LogP contribution in [0, 0.1) is 0 Å². The van der Waals surface area contributed by atoms with E-state index < -0.39 is 0 Å². The largest absolute Gasteiger partial charge is 0.356 e. The Labute approximate surface area is 178 Å². The minimum atomic E-state index is 0. The van der Waals surface area contributed by atoms with Crippen LogP contribution in [-0.2, 0) is 19.4 Å². The molecular formula is C21H28IN5.